The van der Waals surface area contributed by atoms with E-state index < -0.39 is 0 Å². The van der Waals surface area contributed by atoms with Gasteiger partial charge in [-0.2, -0.15) is 0 Å². The Morgan fingerprint density at radius 3 is 2.48 bits per heavy atom. The Bertz CT molecular complexity index is 486. The lowest BCUT2D eigenvalue weighted by atomic mass is 10.2. The van der Waals surface area contributed by atoms with E-state index in [9.17, 15) is 9.59 Å². The molecule has 1 rings (SSSR count). The van der Waals surface area contributed by atoms with Crippen molar-refractivity contribution in [3.05, 3.63) is 29.8 Å². The fraction of sp³-hybridized carbons (Fsp3) is 0.500. The van der Waals surface area contributed by atoms with E-state index in [0.717, 1.165) is 24.2 Å². The average molecular weight is 291 g/mol. The first-order valence-electron chi connectivity index (χ1n) is 7.15. The standard InChI is InChI=1S/C16H25N3O2/c1-13-7-5-8-15(11-13)17-16(21)12-19(14(2)20)10-6-9-18(3)4/h5,7-8,11H,6,9-10,12H2,1-4H3,(H,17,21). The molecule has 5 nitrogen and oxygen atoms in total. The van der Waals surface area contributed by atoms with E-state index in [-0.39, 0.29) is 18.4 Å². The second-order valence-corrected chi connectivity index (χ2v) is 5.52. The van der Waals surface area contributed by atoms with Gasteiger partial charge in [-0.25, -0.2) is 0 Å². The lowest BCUT2D eigenvalue weighted by Crippen LogP contribution is -2.38. The summed E-state index contributed by atoms with van der Waals surface area (Å²) in [6, 6.07) is 7.61. The van der Waals surface area contributed by atoms with Crippen LogP contribution in [0, 0.1) is 6.92 Å². The van der Waals surface area contributed by atoms with Crippen LogP contribution in [-0.4, -0.2) is 55.3 Å². The topological polar surface area (TPSA) is 52.7 Å². The van der Waals surface area contributed by atoms with Gasteiger partial charge in [-0.1, -0.05) is 12.1 Å². The molecule has 2 amide bonds. The highest BCUT2D eigenvalue weighted by atomic mass is 16.2. The third kappa shape index (κ3) is 6.90. The van der Waals surface area contributed by atoms with Gasteiger partial charge in [-0.05, 0) is 51.7 Å². The van der Waals surface area contributed by atoms with Crippen LogP contribution < -0.4 is 5.32 Å². The van der Waals surface area contributed by atoms with E-state index in [0.29, 0.717) is 6.54 Å². The number of benzene rings is 1. The zero-order valence-corrected chi connectivity index (χ0v) is 13.3. The van der Waals surface area contributed by atoms with Crippen molar-refractivity contribution in [1.82, 2.24) is 9.80 Å². The molecule has 0 unspecified atom stereocenters. The molecule has 1 N–H and O–H groups in total. The quantitative estimate of drug-likeness (QED) is 0.832. The first-order chi connectivity index (χ1) is 9.88. The highest BCUT2D eigenvalue weighted by molar-refractivity contribution is 5.94. The molecule has 116 valence electrons. The summed E-state index contributed by atoms with van der Waals surface area (Å²) in [5.74, 6) is -0.242. The molecule has 0 heterocycles. The Balaban J connectivity index is 2.50. The molecule has 0 saturated heterocycles. The van der Waals surface area contributed by atoms with E-state index in [2.05, 4.69) is 10.2 Å². The van der Waals surface area contributed by atoms with E-state index in [1.54, 1.807) is 4.90 Å². The monoisotopic (exact) mass is 291 g/mol. The number of hydrogen-bond acceptors (Lipinski definition) is 3. The number of hydrogen-bond donors (Lipinski definition) is 1. The van der Waals surface area contributed by atoms with Crippen LogP contribution in [0.2, 0.25) is 0 Å². The van der Waals surface area contributed by atoms with Crippen molar-refractivity contribution in [1.29, 1.82) is 0 Å². The number of aryl methyl sites for hydroxylation is 1. The van der Waals surface area contributed by atoms with Crippen molar-refractivity contribution >= 4 is 17.5 Å². The number of amides is 2. The lowest BCUT2D eigenvalue weighted by molar-refractivity contribution is -0.132. The number of carbonyl (C=O) groups excluding carboxylic acids is 2. The first-order valence-corrected chi connectivity index (χ1v) is 7.15. The molecule has 0 atom stereocenters. The molecular weight excluding hydrogens is 266 g/mol. The molecule has 0 aliphatic rings. The number of rotatable bonds is 7. The zero-order valence-electron chi connectivity index (χ0n) is 13.3. The summed E-state index contributed by atoms with van der Waals surface area (Å²) < 4.78 is 0. The highest BCUT2D eigenvalue weighted by Gasteiger charge is 2.13. The Labute approximate surface area is 126 Å². The predicted molar refractivity (Wildman–Crippen MR) is 85.2 cm³/mol. The minimum absolute atomic E-state index is 0.0758. The van der Waals surface area contributed by atoms with Crippen LogP contribution >= 0.6 is 0 Å². The highest BCUT2D eigenvalue weighted by Crippen LogP contribution is 2.09. The largest absolute Gasteiger partial charge is 0.334 e. The van der Waals surface area contributed by atoms with Crippen molar-refractivity contribution in [3.8, 4) is 0 Å². The molecule has 0 bridgehead atoms. The van der Waals surface area contributed by atoms with E-state index in [1.165, 1.54) is 6.92 Å². The Kier molecular flexibility index (Phi) is 6.88. The minimum Gasteiger partial charge on any atom is -0.334 e. The molecule has 0 radical (unpaired) electrons. The number of nitrogens with zero attached hydrogens (tertiary/aromatic N) is 2. The van der Waals surface area contributed by atoms with Gasteiger partial charge in [-0.3, -0.25) is 9.59 Å². The van der Waals surface area contributed by atoms with Crippen LogP contribution in [0.5, 0.6) is 0 Å². The fourth-order valence-electron chi connectivity index (χ4n) is 2.02. The summed E-state index contributed by atoms with van der Waals surface area (Å²) in [4.78, 5) is 27.3. The molecular formula is C16H25N3O2. The van der Waals surface area contributed by atoms with Crippen molar-refractivity contribution in [2.75, 3.05) is 39.0 Å². The lowest BCUT2D eigenvalue weighted by Gasteiger charge is -2.21. The van der Waals surface area contributed by atoms with Gasteiger partial charge in [0.2, 0.25) is 11.8 Å². The van der Waals surface area contributed by atoms with Crippen molar-refractivity contribution in [2.45, 2.75) is 20.3 Å². The van der Waals surface area contributed by atoms with Crippen LogP contribution in [0.3, 0.4) is 0 Å². The van der Waals surface area contributed by atoms with Gasteiger partial charge in [0, 0.05) is 19.2 Å². The van der Waals surface area contributed by atoms with Gasteiger partial charge >= 0.3 is 0 Å². The fourth-order valence-corrected chi connectivity index (χ4v) is 2.02. The van der Waals surface area contributed by atoms with Crippen LogP contribution in [0.4, 0.5) is 5.69 Å². The van der Waals surface area contributed by atoms with E-state index in [4.69, 9.17) is 0 Å². The van der Waals surface area contributed by atoms with Gasteiger partial charge in [-0.15, -0.1) is 0 Å². The third-order valence-electron chi connectivity index (χ3n) is 3.11. The molecule has 0 spiro atoms. The van der Waals surface area contributed by atoms with Crippen LogP contribution in [0.25, 0.3) is 0 Å². The molecule has 0 aromatic heterocycles. The smallest absolute Gasteiger partial charge is 0.243 e. The summed E-state index contributed by atoms with van der Waals surface area (Å²) in [5.41, 5.74) is 1.85. The molecule has 0 aliphatic carbocycles. The van der Waals surface area contributed by atoms with Crippen molar-refractivity contribution in [3.63, 3.8) is 0 Å². The van der Waals surface area contributed by atoms with Crippen LogP contribution in [0.1, 0.15) is 18.9 Å². The second-order valence-electron chi connectivity index (χ2n) is 5.52. The number of anilines is 1. The maximum Gasteiger partial charge on any atom is 0.243 e. The second kappa shape index (κ2) is 8.42. The summed E-state index contributed by atoms with van der Waals surface area (Å²) >= 11 is 0. The molecule has 0 saturated carbocycles. The number of nitrogens with one attached hydrogen (secondary N) is 1. The Morgan fingerprint density at radius 2 is 1.90 bits per heavy atom. The predicted octanol–water partition coefficient (Wildman–Crippen LogP) is 1.73. The average Bonchev–Trinajstić information content (AvgIpc) is 2.36. The first kappa shape index (κ1) is 17.2. The van der Waals surface area contributed by atoms with Gasteiger partial charge < -0.3 is 15.1 Å². The molecule has 0 aliphatic heterocycles. The molecule has 5 heteroatoms. The van der Waals surface area contributed by atoms with Gasteiger partial charge in [0.1, 0.15) is 0 Å². The van der Waals surface area contributed by atoms with Crippen molar-refractivity contribution in [2.24, 2.45) is 0 Å². The SMILES string of the molecule is CC(=O)N(CCCN(C)C)CC(=O)Nc1cccc(C)c1. The zero-order chi connectivity index (χ0) is 15.8. The third-order valence-corrected chi connectivity index (χ3v) is 3.11. The maximum absolute atomic E-state index is 12.0. The Hall–Kier alpha value is -1.88. The normalized spacial score (nSPS) is 10.5. The maximum atomic E-state index is 12.0. The summed E-state index contributed by atoms with van der Waals surface area (Å²) in [6.45, 7) is 5.04. The van der Waals surface area contributed by atoms with Crippen molar-refractivity contribution < 1.29 is 9.59 Å². The molecule has 1 aromatic carbocycles. The summed E-state index contributed by atoms with van der Waals surface area (Å²) in [7, 11) is 3.98. The molecule has 0 fully saturated rings. The van der Waals surface area contributed by atoms with Crippen LogP contribution in [0.15, 0.2) is 24.3 Å². The molecule has 1 aromatic rings. The van der Waals surface area contributed by atoms with Gasteiger partial charge in [0.25, 0.3) is 0 Å². The van der Waals surface area contributed by atoms with E-state index in [1.807, 2.05) is 45.3 Å². The Morgan fingerprint density at radius 1 is 1.19 bits per heavy atom. The summed E-state index contributed by atoms with van der Waals surface area (Å²) in [5, 5.41) is 2.82. The summed E-state index contributed by atoms with van der Waals surface area (Å²) in [6.07, 6.45) is 0.851. The number of carbonyl (C=O) groups is 2. The van der Waals surface area contributed by atoms with Crippen LogP contribution in [-0.2, 0) is 9.59 Å². The van der Waals surface area contributed by atoms with Gasteiger partial charge in [0.15, 0.2) is 0 Å². The van der Waals surface area contributed by atoms with Gasteiger partial charge in [0.05, 0.1) is 6.54 Å². The minimum atomic E-state index is -0.166. The van der Waals surface area contributed by atoms with E-state index >= 15 is 0 Å². The molecule has 21 heavy (non-hydrogen) atoms.